The first-order valence-electron chi connectivity index (χ1n) is 7.65. The van der Waals surface area contributed by atoms with Crippen LogP contribution in [0.25, 0.3) is 0 Å². The van der Waals surface area contributed by atoms with E-state index in [0.717, 1.165) is 25.7 Å². The van der Waals surface area contributed by atoms with Crippen LogP contribution < -0.4 is 11.1 Å². The van der Waals surface area contributed by atoms with Gasteiger partial charge in [-0.1, -0.05) is 51.2 Å². The Morgan fingerprint density at radius 2 is 1.68 bits per heavy atom. The van der Waals surface area contributed by atoms with Crippen molar-refractivity contribution in [3.63, 3.8) is 0 Å². The second kappa shape index (κ2) is 6.21. The van der Waals surface area contributed by atoms with E-state index in [9.17, 15) is 4.79 Å². The van der Waals surface area contributed by atoms with Gasteiger partial charge in [0.15, 0.2) is 0 Å². The molecule has 3 nitrogen and oxygen atoms in total. The van der Waals surface area contributed by atoms with Crippen molar-refractivity contribution in [3.8, 4) is 0 Å². The molecule has 0 aromatic rings. The van der Waals surface area contributed by atoms with Gasteiger partial charge in [-0.15, -0.1) is 0 Å². The van der Waals surface area contributed by atoms with Crippen molar-refractivity contribution in [1.29, 1.82) is 0 Å². The van der Waals surface area contributed by atoms with E-state index < -0.39 is 5.41 Å². The molecule has 0 aromatic heterocycles. The molecule has 0 unspecified atom stereocenters. The molecule has 108 valence electrons. The average Bonchev–Trinajstić information content (AvgIpc) is 2.27. The molecular formula is C15H26N2OS. The van der Waals surface area contributed by atoms with Crippen LogP contribution in [0.4, 0.5) is 0 Å². The van der Waals surface area contributed by atoms with Gasteiger partial charge in [0.1, 0.15) is 0 Å². The third kappa shape index (κ3) is 3.28. The Morgan fingerprint density at radius 1 is 1.16 bits per heavy atom. The van der Waals surface area contributed by atoms with Gasteiger partial charge in [0.2, 0.25) is 5.91 Å². The van der Waals surface area contributed by atoms with E-state index in [1.807, 2.05) is 0 Å². The van der Waals surface area contributed by atoms with Gasteiger partial charge in [0.05, 0.1) is 10.4 Å². The van der Waals surface area contributed by atoms with Crippen molar-refractivity contribution in [2.24, 2.45) is 17.1 Å². The number of nitrogens with two attached hydrogens (primary N) is 1. The first-order chi connectivity index (χ1) is 9.04. The van der Waals surface area contributed by atoms with Crippen molar-refractivity contribution < 1.29 is 4.79 Å². The van der Waals surface area contributed by atoms with Crippen LogP contribution >= 0.6 is 12.2 Å². The Labute approximate surface area is 121 Å². The number of carbonyl (C=O) groups is 1. The highest BCUT2D eigenvalue weighted by molar-refractivity contribution is 7.80. The summed E-state index contributed by atoms with van der Waals surface area (Å²) in [6.45, 7) is 2.15. The van der Waals surface area contributed by atoms with E-state index >= 15 is 0 Å². The average molecular weight is 282 g/mol. The quantitative estimate of drug-likeness (QED) is 0.783. The predicted octanol–water partition coefficient (Wildman–Crippen LogP) is 2.92. The maximum Gasteiger partial charge on any atom is 0.233 e. The summed E-state index contributed by atoms with van der Waals surface area (Å²) in [6, 6.07) is 0.329. The van der Waals surface area contributed by atoms with Crippen molar-refractivity contribution in [2.45, 2.75) is 70.8 Å². The summed E-state index contributed by atoms with van der Waals surface area (Å²) in [4.78, 5) is 12.9. The molecule has 0 aromatic carbocycles. The van der Waals surface area contributed by atoms with Gasteiger partial charge in [-0.3, -0.25) is 4.79 Å². The van der Waals surface area contributed by atoms with Crippen LogP contribution in [0.5, 0.6) is 0 Å². The third-order valence-electron chi connectivity index (χ3n) is 4.74. The smallest absolute Gasteiger partial charge is 0.233 e. The van der Waals surface area contributed by atoms with Crippen molar-refractivity contribution >= 4 is 23.1 Å². The maximum absolute atomic E-state index is 12.5. The molecule has 4 heteroatoms. The lowest BCUT2D eigenvalue weighted by Gasteiger charge is -2.44. The Morgan fingerprint density at radius 3 is 2.16 bits per heavy atom. The summed E-state index contributed by atoms with van der Waals surface area (Å²) in [5.74, 6) is 0.647. The number of amides is 1. The minimum absolute atomic E-state index is 0.0867. The van der Waals surface area contributed by atoms with Gasteiger partial charge in [0.25, 0.3) is 0 Å². The van der Waals surface area contributed by atoms with Crippen LogP contribution in [0.1, 0.15) is 64.7 Å². The van der Waals surface area contributed by atoms with Gasteiger partial charge >= 0.3 is 0 Å². The van der Waals surface area contributed by atoms with E-state index in [1.165, 1.54) is 32.1 Å². The maximum atomic E-state index is 12.5. The Bertz CT molecular complexity index is 342. The monoisotopic (exact) mass is 282 g/mol. The van der Waals surface area contributed by atoms with E-state index in [2.05, 4.69) is 12.2 Å². The van der Waals surface area contributed by atoms with Crippen LogP contribution in [0, 0.1) is 11.3 Å². The molecule has 2 rings (SSSR count). The van der Waals surface area contributed by atoms with Crippen LogP contribution in [0.15, 0.2) is 0 Å². The molecule has 0 saturated heterocycles. The number of carbonyl (C=O) groups excluding carboxylic acids is 1. The van der Waals surface area contributed by atoms with Crippen LogP contribution in [-0.4, -0.2) is 16.9 Å². The zero-order chi connectivity index (χ0) is 13.9. The highest BCUT2D eigenvalue weighted by atomic mass is 32.1. The first-order valence-corrected chi connectivity index (χ1v) is 8.06. The zero-order valence-corrected chi connectivity index (χ0v) is 12.7. The van der Waals surface area contributed by atoms with Gasteiger partial charge in [-0.25, -0.2) is 0 Å². The number of rotatable bonds is 3. The minimum Gasteiger partial charge on any atom is -0.392 e. The van der Waals surface area contributed by atoms with Crippen LogP contribution in [0.2, 0.25) is 0 Å². The van der Waals surface area contributed by atoms with E-state index in [0.29, 0.717) is 16.9 Å². The van der Waals surface area contributed by atoms with Crippen LogP contribution in [-0.2, 0) is 4.79 Å². The molecule has 0 heterocycles. The lowest BCUT2D eigenvalue weighted by Crippen LogP contribution is -2.57. The van der Waals surface area contributed by atoms with Gasteiger partial charge in [0, 0.05) is 6.04 Å². The summed E-state index contributed by atoms with van der Waals surface area (Å²) >= 11 is 5.14. The zero-order valence-electron chi connectivity index (χ0n) is 11.9. The van der Waals surface area contributed by atoms with E-state index in [-0.39, 0.29) is 5.91 Å². The SMILES string of the molecule is CC1CC(C(=O)NC2CCCCCCC2)(C(N)=S)C1. The molecule has 0 spiro atoms. The van der Waals surface area contributed by atoms with Crippen LogP contribution in [0.3, 0.4) is 0 Å². The molecule has 0 radical (unpaired) electrons. The molecule has 0 atom stereocenters. The summed E-state index contributed by atoms with van der Waals surface area (Å²) in [5.41, 5.74) is 5.28. The standard InChI is InChI=1S/C15H26N2OS/c1-11-9-15(10-11,13(16)19)14(18)17-12-7-5-3-2-4-6-8-12/h11-12H,2-10H2,1H3,(H2,16,19)(H,17,18). The predicted molar refractivity (Wildman–Crippen MR) is 81.9 cm³/mol. The molecule has 2 saturated carbocycles. The molecule has 3 N–H and O–H groups in total. The Balaban J connectivity index is 1.93. The summed E-state index contributed by atoms with van der Waals surface area (Å²) in [6.07, 6.45) is 10.2. The summed E-state index contributed by atoms with van der Waals surface area (Å²) in [5, 5.41) is 3.22. The molecule has 2 fully saturated rings. The molecular weight excluding hydrogens is 256 g/mol. The molecule has 2 aliphatic rings. The minimum atomic E-state index is -0.545. The molecule has 0 aliphatic heterocycles. The number of nitrogens with one attached hydrogen (secondary N) is 1. The topological polar surface area (TPSA) is 55.1 Å². The highest BCUT2D eigenvalue weighted by Crippen LogP contribution is 2.46. The fraction of sp³-hybridized carbons (Fsp3) is 0.867. The fourth-order valence-corrected chi connectivity index (χ4v) is 3.81. The van der Waals surface area contributed by atoms with E-state index in [4.69, 9.17) is 18.0 Å². The third-order valence-corrected chi connectivity index (χ3v) is 5.13. The highest BCUT2D eigenvalue weighted by Gasteiger charge is 2.51. The number of hydrogen-bond acceptors (Lipinski definition) is 2. The lowest BCUT2D eigenvalue weighted by atomic mass is 9.62. The molecule has 1 amide bonds. The fourth-order valence-electron chi connectivity index (χ4n) is 3.55. The first kappa shape index (κ1) is 14.8. The summed E-state index contributed by atoms with van der Waals surface area (Å²) < 4.78 is 0. The van der Waals surface area contributed by atoms with Crippen molar-refractivity contribution in [3.05, 3.63) is 0 Å². The Hall–Kier alpha value is -0.640. The van der Waals surface area contributed by atoms with Gasteiger partial charge in [-0.05, 0) is 31.6 Å². The van der Waals surface area contributed by atoms with Gasteiger partial charge in [-0.2, -0.15) is 0 Å². The molecule has 19 heavy (non-hydrogen) atoms. The van der Waals surface area contributed by atoms with Gasteiger partial charge < -0.3 is 11.1 Å². The summed E-state index contributed by atoms with van der Waals surface area (Å²) in [7, 11) is 0. The second-order valence-corrected chi connectivity index (χ2v) is 6.92. The molecule has 0 bridgehead atoms. The number of hydrogen-bond donors (Lipinski definition) is 2. The van der Waals surface area contributed by atoms with Crippen molar-refractivity contribution in [2.75, 3.05) is 0 Å². The largest absolute Gasteiger partial charge is 0.392 e. The molecule has 2 aliphatic carbocycles. The normalized spacial score (nSPS) is 32.8. The number of thiocarbonyl (C=S) groups is 1. The lowest BCUT2D eigenvalue weighted by molar-refractivity contribution is -0.133. The Kier molecular flexibility index (Phi) is 4.82. The van der Waals surface area contributed by atoms with E-state index in [1.54, 1.807) is 0 Å². The second-order valence-electron chi connectivity index (χ2n) is 6.48. The van der Waals surface area contributed by atoms with Crippen molar-refractivity contribution in [1.82, 2.24) is 5.32 Å².